The fourth-order valence-electron chi connectivity index (χ4n) is 3.61. The van der Waals surface area contributed by atoms with E-state index in [-0.39, 0.29) is 18.6 Å². The van der Waals surface area contributed by atoms with E-state index in [0.29, 0.717) is 18.8 Å². The number of para-hydroxylation sites is 1. The van der Waals surface area contributed by atoms with Crippen LogP contribution in [0.3, 0.4) is 0 Å². The third kappa shape index (κ3) is 5.71. The summed E-state index contributed by atoms with van der Waals surface area (Å²) in [7, 11) is 1.68. The molecule has 0 saturated carbocycles. The van der Waals surface area contributed by atoms with Gasteiger partial charge in [0.15, 0.2) is 6.61 Å². The normalized spacial score (nSPS) is 16.4. The molecule has 0 aliphatic carbocycles. The van der Waals surface area contributed by atoms with E-state index in [2.05, 4.69) is 16.3 Å². The molecular weight excluding hydrogens is 370 g/mol. The van der Waals surface area contributed by atoms with Crippen molar-refractivity contribution in [2.24, 2.45) is 5.73 Å². The maximum absolute atomic E-state index is 12.5. The number of primary amides is 1. The van der Waals surface area contributed by atoms with Crippen molar-refractivity contribution in [3.63, 3.8) is 0 Å². The largest absolute Gasteiger partial charge is 0.496 e. The number of ether oxygens (including phenoxy) is 2. The topological polar surface area (TPSA) is 93.9 Å². The summed E-state index contributed by atoms with van der Waals surface area (Å²) in [5, 5.41) is 2.97. The smallest absolute Gasteiger partial charge is 0.255 e. The van der Waals surface area contributed by atoms with Gasteiger partial charge in [0.1, 0.15) is 11.5 Å². The molecule has 3 rings (SSSR count). The molecule has 29 heavy (non-hydrogen) atoms. The van der Waals surface area contributed by atoms with Crippen molar-refractivity contribution in [3.05, 3.63) is 59.7 Å². The zero-order valence-electron chi connectivity index (χ0n) is 16.6. The van der Waals surface area contributed by atoms with Crippen molar-refractivity contribution in [2.75, 3.05) is 26.8 Å². The Morgan fingerprint density at radius 2 is 1.93 bits per heavy atom. The highest BCUT2D eigenvalue weighted by molar-refractivity contribution is 5.78. The van der Waals surface area contributed by atoms with Crippen LogP contribution in [0.1, 0.15) is 30.0 Å². The summed E-state index contributed by atoms with van der Waals surface area (Å²) >= 11 is 0. The first-order chi connectivity index (χ1) is 14.1. The van der Waals surface area contributed by atoms with Gasteiger partial charge in [-0.05, 0) is 43.1 Å². The summed E-state index contributed by atoms with van der Waals surface area (Å²) in [6.45, 7) is 1.52. The monoisotopic (exact) mass is 397 g/mol. The Hall–Kier alpha value is -3.06. The molecule has 1 fully saturated rings. The van der Waals surface area contributed by atoms with Crippen LogP contribution in [0.2, 0.25) is 0 Å². The number of methoxy groups -OCH3 is 1. The number of nitrogens with two attached hydrogens (primary N) is 1. The molecule has 0 bridgehead atoms. The van der Waals surface area contributed by atoms with Gasteiger partial charge >= 0.3 is 0 Å². The van der Waals surface area contributed by atoms with E-state index in [4.69, 9.17) is 15.2 Å². The van der Waals surface area contributed by atoms with E-state index in [1.54, 1.807) is 19.2 Å². The zero-order chi connectivity index (χ0) is 20.6. The summed E-state index contributed by atoms with van der Waals surface area (Å²) in [5.41, 5.74) is 7.14. The molecule has 0 aromatic heterocycles. The number of hydrogen-bond donors (Lipinski definition) is 2. The van der Waals surface area contributed by atoms with E-state index in [1.807, 2.05) is 30.3 Å². The van der Waals surface area contributed by atoms with Gasteiger partial charge in [0.05, 0.1) is 13.7 Å². The van der Waals surface area contributed by atoms with Gasteiger partial charge in [0, 0.05) is 18.2 Å². The van der Waals surface area contributed by atoms with Crippen LogP contribution in [0.5, 0.6) is 11.5 Å². The highest BCUT2D eigenvalue weighted by Gasteiger charge is 2.29. The van der Waals surface area contributed by atoms with Gasteiger partial charge in [0.25, 0.3) is 5.91 Å². The maximum atomic E-state index is 12.5. The first kappa shape index (κ1) is 20.7. The molecule has 2 aromatic carbocycles. The Morgan fingerprint density at radius 1 is 1.17 bits per heavy atom. The van der Waals surface area contributed by atoms with Crippen LogP contribution >= 0.6 is 0 Å². The Kier molecular flexibility index (Phi) is 7.08. The van der Waals surface area contributed by atoms with Gasteiger partial charge in [0.2, 0.25) is 5.91 Å². The maximum Gasteiger partial charge on any atom is 0.255 e. The number of carbonyl (C=O) groups is 2. The molecule has 7 heteroatoms. The summed E-state index contributed by atoms with van der Waals surface area (Å²) in [6, 6.07) is 15.4. The lowest BCUT2D eigenvalue weighted by Crippen LogP contribution is -2.36. The lowest BCUT2D eigenvalue weighted by molar-refractivity contribution is -0.122. The van der Waals surface area contributed by atoms with Crippen molar-refractivity contribution >= 4 is 11.8 Å². The van der Waals surface area contributed by atoms with Gasteiger partial charge in [-0.3, -0.25) is 14.5 Å². The molecule has 1 heterocycles. The van der Waals surface area contributed by atoms with Crippen molar-refractivity contribution < 1.29 is 19.1 Å². The SMILES string of the molecule is COc1ccccc1C1CCCN1CC(=O)NCc1ccc(OCC(N)=O)cc1. The molecule has 0 spiro atoms. The quantitative estimate of drug-likeness (QED) is 0.675. The number of nitrogens with one attached hydrogen (secondary N) is 1. The number of benzene rings is 2. The average molecular weight is 397 g/mol. The standard InChI is InChI=1S/C22H27N3O4/c1-28-20-7-3-2-5-18(20)19-6-4-12-25(19)14-22(27)24-13-16-8-10-17(11-9-16)29-15-21(23)26/h2-3,5,7-11,19H,4,6,12-15H2,1H3,(H2,23,26)(H,24,27). The highest BCUT2D eigenvalue weighted by Crippen LogP contribution is 2.36. The molecule has 1 aliphatic rings. The van der Waals surface area contributed by atoms with Crippen LogP contribution in [0, 0.1) is 0 Å². The minimum Gasteiger partial charge on any atom is -0.496 e. The summed E-state index contributed by atoms with van der Waals surface area (Å²) in [6.07, 6.45) is 2.07. The van der Waals surface area contributed by atoms with E-state index in [0.717, 1.165) is 36.3 Å². The third-order valence-electron chi connectivity index (χ3n) is 5.00. The van der Waals surface area contributed by atoms with Crippen LogP contribution in [0.4, 0.5) is 0 Å². The fourth-order valence-corrected chi connectivity index (χ4v) is 3.61. The molecule has 1 aliphatic heterocycles. The summed E-state index contributed by atoms with van der Waals surface area (Å²) in [5.74, 6) is 0.898. The predicted molar refractivity (Wildman–Crippen MR) is 110 cm³/mol. The summed E-state index contributed by atoms with van der Waals surface area (Å²) < 4.78 is 10.7. The van der Waals surface area contributed by atoms with E-state index in [9.17, 15) is 9.59 Å². The highest BCUT2D eigenvalue weighted by atomic mass is 16.5. The van der Waals surface area contributed by atoms with Gasteiger partial charge in [-0.15, -0.1) is 0 Å². The van der Waals surface area contributed by atoms with Crippen LogP contribution in [-0.4, -0.2) is 43.5 Å². The minimum atomic E-state index is -0.519. The summed E-state index contributed by atoms with van der Waals surface area (Å²) in [4.78, 5) is 25.4. The molecule has 2 aromatic rings. The lowest BCUT2D eigenvalue weighted by Gasteiger charge is -2.25. The predicted octanol–water partition coefficient (Wildman–Crippen LogP) is 2.01. The number of carbonyl (C=O) groups excluding carboxylic acids is 2. The number of rotatable bonds is 9. The van der Waals surface area contributed by atoms with Crippen molar-refractivity contribution in [1.29, 1.82) is 0 Å². The molecule has 154 valence electrons. The van der Waals surface area contributed by atoms with Crippen LogP contribution in [-0.2, 0) is 16.1 Å². The molecule has 1 atom stereocenters. The number of hydrogen-bond acceptors (Lipinski definition) is 5. The van der Waals surface area contributed by atoms with Crippen LogP contribution in [0.15, 0.2) is 48.5 Å². The minimum absolute atomic E-state index is 0.0131. The number of nitrogens with zero attached hydrogens (tertiary/aromatic N) is 1. The second-order valence-corrected chi connectivity index (χ2v) is 7.05. The Balaban J connectivity index is 1.52. The molecular formula is C22H27N3O4. The Labute approximate surface area is 170 Å². The van der Waals surface area contributed by atoms with Crippen molar-refractivity contribution in [3.8, 4) is 11.5 Å². The van der Waals surface area contributed by atoms with Crippen molar-refractivity contribution in [2.45, 2.75) is 25.4 Å². The van der Waals surface area contributed by atoms with E-state index in [1.165, 1.54) is 0 Å². The number of likely N-dealkylation sites (tertiary alicyclic amines) is 1. The molecule has 1 saturated heterocycles. The lowest BCUT2D eigenvalue weighted by atomic mass is 10.0. The first-order valence-electron chi connectivity index (χ1n) is 9.70. The second kappa shape index (κ2) is 9.93. The Morgan fingerprint density at radius 3 is 2.66 bits per heavy atom. The number of amides is 2. The van der Waals surface area contributed by atoms with Gasteiger partial charge in [-0.2, -0.15) is 0 Å². The molecule has 3 N–H and O–H groups in total. The van der Waals surface area contributed by atoms with Gasteiger partial charge in [-0.25, -0.2) is 0 Å². The van der Waals surface area contributed by atoms with Gasteiger partial charge < -0.3 is 20.5 Å². The van der Waals surface area contributed by atoms with Crippen molar-refractivity contribution in [1.82, 2.24) is 10.2 Å². The zero-order valence-corrected chi connectivity index (χ0v) is 16.6. The third-order valence-corrected chi connectivity index (χ3v) is 5.00. The van der Waals surface area contributed by atoms with E-state index >= 15 is 0 Å². The van der Waals surface area contributed by atoms with Gasteiger partial charge in [-0.1, -0.05) is 30.3 Å². The van der Waals surface area contributed by atoms with E-state index < -0.39 is 5.91 Å². The molecule has 0 radical (unpaired) electrons. The first-order valence-corrected chi connectivity index (χ1v) is 9.70. The fraction of sp³-hybridized carbons (Fsp3) is 0.364. The molecule has 2 amide bonds. The molecule has 1 unspecified atom stereocenters. The second-order valence-electron chi connectivity index (χ2n) is 7.05. The molecule has 7 nitrogen and oxygen atoms in total. The Bertz CT molecular complexity index is 838. The average Bonchev–Trinajstić information content (AvgIpc) is 3.19. The van der Waals surface area contributed by atoms with Crippen LogP contribution in [0.25, 0.3) is 0 Å². The van der Waals surface area contributed by atoms with Crippen LogP contribution < -0.4 is 20.5 Å².